The summed E-state index contributed by atoms with van der Waals surface area (Å²) in [6.45, 7) is 0.986. The van der Waals surface area contributed by atoms with Crippen LogP contribution in [0, 0.1) is 0 Å². The van der Waals surface area contributed by atoms with Crippen molar-refractivity contribution in [3.8, 4) is 0 Å². The van der Waals surface area contributed by atoms with Crippen molar-refractivity contribution < 1.29 is 0 Å². The van der Waals surface area contributed by atoms with Crippen molar-refractivity contribution >= 4 is 17.7 Å². The van der Waals surface area contributed by atoms with E-state index in [-0.39, 0.29) is 5.54 Å². The predicted octanol–water partition coefficient (Wildman–Crippen LogP) is 1.53. The van der Waals surface area contributed by atoms with E-state index in [0.29, 0.717) is 6.04 Å². The van der Waals surface area contributed by atoms with E-state index in [4.69, 9.17) is 0 Å². The third kappa shape index (κ3) is 3.78. The summed E-state index contributed by atoms with van der Waals surface area (Å²) in [6, 6.07) is 0.624. The van der Waals surface area contributed by atoms with E-state index >= 15 is 0 Å². The van der Waals surface area contributed by atoms with Gasteiger partial charge in [-0.25, -0.2) is 0 Å². The summed E-state index contributed by atoms with van der Waals surface area (Å²) in [4.78, 5) is 6.75. The lowest BCUT2D eigenvalue weighted by molar-refractivity contribution is 0.183. The van der Waals surface area contributed by atoms with Crippen molar-refractivity contribution in [3.63, 3.8) is 0 Å². The molecule has 1 aliphatic carbocycles. The molecule has 0 aromatic carbocycles. The topological polar surface area (TPSA) is 39.7 Å². The molecule has 1 saturated carbocycles. The van der Waals surface area contributed by atoms with E-state index in [2.05, 4.69) is 46.4 Å². The Labute approximate surface area is 121 Å². The molecule has 5 heteroatoms. The summed E-state index contributed by atoms with van der Waals surface area (Å²) < 4.78 is 0. The second kappa shape index (κ2) is 6.84. The van der Waals surface area contributed by atoms with Crippen LogP contribution in [-0.2, 0) is 0 Å². The highest BCUT2D eigenvalue weighted by atomic mass is 32.2. The van der Waals surface area contributed by atoms with Crippen LogP contribution in [0.15, 0.2) is 4.99 Å². The first-order valence-corrected chi connectivity index (χ1v) is 8.54. The van der Waals surface area contributed by atoms with Gasteiger partial charge in [0.15, 0.2) is 5.96 Å². The van der Waals surface area contributed by atoms with E-state index in [1.807, 2.05) is 7.05 Å². The molecule has 0 aromatic rings. The molecule has 19 heavy (non-hydrogen) atoms. The summed E-state index contributed by atoms with van der Waals surface area (Å²) in [7, 11) is 6.26. The average molecular weight is 284 g/mol. The molecule has 2 N–H and O–H groups in total. The summed E-state index contributed by atoms with van der Waals surface area (Å²) in [5, 5.41) is 7.10. The number of nitrogens with one attached hydrogen (secondary N) is 2. The fraction of sp³-hybridized carbons (Fsp3) is 0.929. The van der Waals surface area contributed by atoms with Gasteiger partial charge in [-0.15, -0.1) is 0 Å². The number of rotatable bonds is 4. The molecule has 0 bridgehead atoms. The Morgan fingerprint density at radius 1 is 1.37 bits per heavy atom. The quantitative estimate of drug-likeness (QED) is 0.607. The molecule has 4 nitrogen and oxygen atoms in total. The van der Waals surface area contributed by atoms with Gasteiger partial charge in [0.05, 0.1) is 0 Å². The van der Waals surface area contributed by atoms with Gasteiger partial charge in [0.2, 0.25) is 0 Å². The fourth-order valence-electron chi connectivity index (χ4n) is 2.95. The van der Waals surface area contributed by atoms with Crippen LogP contribution in [0.25, 0.3) is 0 Å². The highest BCUT2D eigenvalue weighted by Crippen LogP contribution is 2.31. The van der Waals surface area contributed by atoms with E-state index in [9.17, 15) is 0 Å². The number of hydrogen-bond acceptors (Lipinski definition) is 3. The minimum atomic E-state index is 0.290. The molecule has 1 heterocycles. The molecular formula is C14H28N4S. The van der Waals surface area contributed by atoms with Crippen molar-refractivity contribution in [1.82, 2.24) is 15.5 Å². The molecule has 1 saturated heterocycles. The van der Waals surface area contributed by atoms with E-state index in [1.165, 1.54) is 43.6 Å². The number of aliphatic imine (C=N–C) groups is 1. The minimum Gasteiger partial charge on any atom is -0.355 e. The lowest BCUT2D eigenvalue weighted by Gasteiger charge is -2.36. The Hall–Kier alpha value is -0.420. The van der Waals surface area contributed by atoms with Crippen LogP contribution in [0.3, 0.4) is 0 Å². The van der Waals surface area contributed by atoms with Crippen molar-refractivity contribution in [2.45, 2.75) is 43.7 Å². The Balaban J connectivity index is 1.84. The van der Waals surface area contributed by atoms with Gasteiger partial charge in [0, 0.05) is 30.9 Å². The summed E-state index contributed by atoms with van der Waals surface area (Å²) >= 11 is 2.06. The standard InChI is InChI=1S/C14H28N4S/c1-15-13(17-12-6-4-5-7-12)16-10-14(18(2)3)8-9-19-11-14/h12H,4-11H2,1-3H3,(H2,15,16,17). The lowest BCUT2D eigenvalue weighted by atomic mass is 9.97. The number of guanidine groups is 1. The van der Waals surface area contributed by atoms with Crippen molar-refractivity contribution in [2.24, 2.45) is 4.99 Å². The van der Waals surface area contributed by atoms with E-state index < -0.39 is 0 Å². The van der Waals surface area contributed by atoms with Gasteiger partial charge in [0.1, 0.15) is 0 Å². The third-order valence-electron chi connectivity index (χ3n) is 4.54. The van der Waals surface area contributed by atoms with Crippen molar-refractivity contribution in [2.75, 3.05) is 39.2 Å². The van der Waals surface area contributed by atoms with Gasteiger partial charge in [0.25, 0.3) is 0 Å². The molecule has 0 spiro atoms. The normalized spacial score (nSPS) is 29.2. The van der Waals surface area contributed by atoms with Gasteiger partial charge in [-0.1, -0.05) is 12.8 Å². The molecule has 0 radical (unpaired) electrons. The molecule has 0 amide bonds. The molecule has 2 rings (SSSR count). The number of likely N-dealkylation sites (N-methyl/N-ethyl adjacent to an activating group) is 1. The van der Waals surface area contributed by atoms with E-state index in [0.717, 1.165) is 12.5 Å². The highest BCUT2D eigenvalue weighted by Gasteiger charge is 2.36. The Kier molecular flexibility index (Phi) is 5.39. The third-order valence-corrected chi connectivity index (χ3v) is 5.77. The van der Waals surface area contributed by atoms with Crippen LogP contribution in [0.2, 0.25) is 0 Å². The molecule has 1 aliphatic heterocycles. The summed E-state index contributed by atoms with van der Waals surface area (Å²) in [5.41, 5.74) is 0.290. The lowest BCUT2D eigenvalue weighted by Crippen LogP contribution is -2.55. The Morgan fingerprint density at radius 3 is 2.63 bits per heavy atom. The minimum absolute atomic E-state index is 0.290. The molecule has 0 aromatic heterocycles. The Morgan fingerprint density at radius 2 is 2.11 bits per heavy atom. The predicted molar refractivity (Wildman–Crippen MR) is 85.1 cm³/mol. The first-order valence-electron chi connectivity index (χ1n) is 7.39. The second-order valence-electron chi connectivity index (χ2n) is 5.97. The second-order valence-corrected chi connectivity index (χ2v) is 7.08. The molecule has 110 valence electrons. The molecule has 1 unspecified atom stereocenters. The van der Waals surface area contributed by atoms with Gasteiger partial charge in [-0.3, -0.25) is 4.99 Å². The number of hydrogen-bond donors (Lipinski definition) is 2. The zero-order valence-corrected chi connectivity index (χ0v) is 13.4. The average Bonchev–Trinajstić information content (AvgIpc) is 3.06. The molecular weight excluding hydrogens is 256 g/mol. The van der Waals surface area contributed by atoms with E-state index in [1.54, 1.807) is 0 Å². The van der Waals surface area contributed by atoms with Crippen LogP contribution in [-0.4, -0.2) is 61.6 Å². The van der Waals surface area contributed by atoms with Gasteiger partial charge in [-0.2, -0.15) is 11.8 Å². The van der Waals surface area contributed by atoms with Crippen LogP contribution in [0.4, 0.5) is 0 Å². The maximum atomic E-state index is 4.37. The van der Waals surface area contributed by atoms with Crippen LogP contribution >= 0.6 is 11.8 Å². The van der Waals surface area contributed by atoms with Gasteiger partial charge in [-0.05, 0) is 39.1 Å². The maximum Gasteiger partial charge on any atom is 0.191 e. The Bertz CT molecular complexity index is 305. The SMILES string of the molecule is CN=C(NCC1(N(C)C)CCSC1)NC1CCCC1. The molecule has 2 fully saturated rings. The maximum absolute atomic E-state index is 4.37. The van der Waals surface area contributed by atoms with Gasteiger partial charge >= 0.3 is 0 Å². The first-order chi connectivity index (χ1) is 9.16. The zero-order valence-electron chi connectivity index (χ0n) is 12.5. The smallest absolute Gasteiger partial charge is 0.191 e. The monoisotopic (exact) mass is 284 g/mol. The number of nitrogens with zero attached hydrogens (tertiary/aromatic N) is 2. The largest absolute Gasteiger partial charge is 0.355 e. The van der Waals surface area contributed by atoms with Crippen LogP contribution in [0.5, 0.6) is 0 Å². The zero-order chi connectivity index (χ0) is 13.7. The van der Waals surface area contributed by atoms with Crippen molar-refractivity contribution in [1.29, 1.82) is 0 Å². The van der Waals surface area contributed by atoms with Gasteiger partial charge < -0.3 is 15.5 Å². The molecule has 1 atom stereocenters. The summed E-state index contributed by atoms with van der Waals surface area (Å²) in [6.07, 6.45) is 6.54. The fourth-order valence-corrected chi connectivity index (χ4v) is 4.51. The highest BCUT2D eigenvalue weighted by molar-refractivity contribution is 7.99. The number of thioether (sulfide) groups is 1. The van der Waals surface area contributed by atoms with Crippen molar-refractivity contribution in [3.05, 3.63) is 0 Å². The van der Waals surface area contributed by atoms with Crippen LogP contribution in [0.1, 0.15) is 32.1 Å². The van der Waals surface area contributed by atoms with Crippen LogP contribution < -0.4 is 10.6 Å². The summed E-state index contributed by atoms with van der Waals surface area (Å²) in [5.74, 6) is 3.46. The molecule has 2 aliphatic rings. The first kappa shape index (κ1) is 15.0.